The molecular formula is C18H21N7OS. The highest BCUT2D eigenvalue weighted by atomic mass is 32.2. The third-order valence-corrected chi connectivity index (χ3v) is 5.01. The summed E-state index contributed by atoms with van der Waals surface area (Å²) in [6.07, 6.45) is 1.61. The summed E-state index contributed by atoms with van der Waals surface area (Å²) in [7, 11) is 0. The smallest absolute Gasteiger partial charge is 0.220 e. The molecule has 27 heavy (non-hydrogen) atoms. The Balaban J connectivity index is 1.87. The van der Waals surface area contributed by atoms with Gasteiger partial charge in [-0.25, -0.2) is 24.9 Å². The second-order valence-electron chi connectivity index (χ2n) is 6.45. The molecule has 0 amide bonds. The first-order valence-corrected chi connectivity index (χ1v) is 9.75. The Kier molecular flexibility index (Phi) is 5.04. The number of ether oxygens (including phenoxy) is 1. The number of morpholine rings is 1. The van der Waals surface area contributed by atoms with Crippen molar-refractivity contribution in [2.45, 2.75) is 24.1 Å². The first-order chi connectivity index (χ1) is 13.1. The molecule has 0 aliphatic carbocycles. The van der Waals surface area contributed by atoms with Crippen molar-refractivity contribution in [1.29, 1.82) is 0 Å². The first-order valence-electron chi connectivity index (χ1n) is 8.87. The molecular weight excluding hydrogens is 362 g/mol. The summed E-state index contributed by atoms with van der Waals surface area (Å²) in [5.74, 6) is 1.52. The van der Waals surface area contributed by atoms with Gasteiger partial charge in [0.1, 0.15) is 11.2 Å². The maximum Gasteiger partial charge on any atom is 0.220 e. The highest BCUT2D eigenvalue weighted by Crippen LogP contribution is 2.29. The molecule has 8 nitrogen and oxygen atoms in total. The van der Waals surface area contributed by atoms with E-state index in [2.05, 4.69) is 33.7 Å². The minimum Gasteiger partial charge on any atom is -0.378 e. The van der Waals surface area contributed by atoms with Gasteiger partial charge in [-0.05, 0) is 18.2 Å². The van der Waals surface area contributed by atoms with Gasteiger partial charge in [0.25, 0.3) is 0 Å². The number of hydrogen-bond acceptors (Lipinski definition) is 9. The Morgan fingerprint density at radius 1 is 1.07 bits per heavy atom. The van der Waals surface area contributed by atoms with E-state index in [1.54, 1.807) is 24.0 Å². The van der Waals surface area contributed by atoms with Gasteiger partial charge in [0, 0.05) is 24.5 Å². The number of nitrogens with two attached hydrogens (primary N) is 1. The van der Waals surface area contributed by atoms with Crippen LogP contribution in [0.2, 0.25) is 0 Å². The molecule has 3 aromatic heterocycles. The number of pyridine rings is 1. The van der Waals surface area contributed by atoms with E-state index in [0.717, 1.165) is 35.0 Å². The molecule has 0 bridgehead atoms. The zero-order valence-electron chi connectivity index (χ0n) is 15.3. The van der Waals surface area contributed by atoms with Crippen LogP contribution in [0.1, 0.15) is 13.8 Å². The molecule has 0 saturated carbocycles. The molecule has 3 aromatic rings. The zero-order valence-corrected chi connectivity index (χ0v) is 16.1. The monoisotopic (exact) mass is 383 g/mol. The minimum absolute atomic E-state index is 0.200. The fourth-order valence-electron chi connectivity index (χ4n) is 2.90. The molecule has 0 aromatic carbocycles. The maximum atomic E-state index is 5.74. The summed E-state index contributed by atoms with van der Waals surface area (Å²) in [6, 6.07) is 5.75. The molecule has 0 spiro atoms. The normalized spacial score (nSPS) is 14.9. The Bertz CT molecular complexity index is 960. The van der Waals surface area contributed by atoms with Crippen LogP contribution in [0.25, 0.3) is 22.6 Å². The van der Waals surface area contributed by atoms with E-state index in [0.29, 0.717) is 30.0 Å². The molecule has 9 heteroatoms. The van der Waals surface area contributed by atoms with Crippen LogP contribution in [0.4, 0.5) is 11.8 Å². The highest BCUT2D eigenvalue weighted by Gasteiger charge is 2.20. The van der Waals surface area contributed by atoms with Gasteiger partial charge in [-0.1, -0.05) is 13.8 Å². The quantitative estimate of drug-likeness (QED) is 0.680. The number of aromatic nitrogens is 5. The van der Waals surface area contributed by atoms with Crippen LogP contribution in [-0.4, -0.2) is 56.5 Å². The van der Waals surface area contributed by atoms with E-state index in [9.17, 15) is 0 Å². The molecule has 1 aliphatic rings. The standard InChI is InChI=1S/C18H21N7OS/c1-11(2)27-14-4-3-12-15(23-14)17(25-7-9-26-10-8-25)24-16(21-12)13-5-6-20-18(19)22-13/h3-6,11H,7-10H2,1-2H3,(H2,19,20,22). The van der Waals surface area contributed by atoms with E-state index in [-0.39, 0.29) is 5.95 Å². The first kappa shape index (κ1) is 17.9. The van der Waals surface area contributed by atoms with Crippen LogP contribution >= 0.6 is 11.8 Å². The lowest BCUT2D eigenvalue weighted by Crippen LogP contribution is -2.37. The number of anilines is 2. The zero-order chi connectivity index (χ0) is 18.8. The van der Waals surface area contributed by atoms with E-state index in [1.807, 2.05) is 12.1 Å². The van der Waals surface area contributed by atoms with Crippen molar-refractivity contribution in [3.8, 4) is 11.5 Å². The van der Waals surface area contributed by atoms with Gasteiger partial charge < -0.3 is 15.4 Å². The Morgan fingerprint density at radius 3 is 2.63 bits per heavy atom. The van der Waals surface area contributed by atoms with E-state index >= 15 is 0 Å². The van der Waals surface area contributed by atoms with Crippen LogP contribution in [-0.2, 0) is 4.74 Å². The molecule has 1 aliphatic heterocycles. The summed E-state index contributed by atoms with van der Waals surface area (Å²) in [5, 5.41) is 1.42. The summed E-state index contributed by atoms with van der Waals surface area (Å²) in [4.78, 5) is 24.7. The summed E-state index contributed by atoms with van der Waals surface area (Å²) in [5.41, 5.74) is 7.92. The van der Waals surface area contributed by atoms with E-state index in [1.165, 1.54) is 0 Å². The predicted octanol–water partition coefficient (Wildman–Crippen LogP) is 2.40. The van der Waals surface area contributed by atoms with Gasteiger partial charge in [0.15, 0.2) is 11.6 Å². The van der Waals surface area contributed by atoms with Crippen molar-refractivity contribution in [3.05, 3.63) is 24.4 Å². The Morgan fingerprint density at radius 2 is 1.89 bits per heavy atom. The van der Waals surface area contributed by atoms with Crippen LogP contribution in [0.5, 0.6) is 0 Å². The van der Waals surface area contributed by atoms with Crippen molar-refractivity contribution in [1.82, 2.24) is 24.9 Å². The molecule has 4 rings (SSSR count). The number of rotatable bonds is 4. The molecule has 140 valence electrons. The van der Waals surface area contributed by atoms with Gasteiger partial charge in [0.2, 0.25) is 5.95 Å². The molecule has 4 heterocycles. The van der Waals surface area contributed by atoms with Gasteiger partial charge in [-0.15, -0.1) is 11.8 Å². The number of fused-ring (bicyclic) bond motifs is 1. The van der Waals surface area contributed by atoms with Crippen molar-refractivity contribution < 1.29 is 4.74 Å². The van der Waals surface area contributed by atoms with Gasteiger partial charge in [0.05, 0.1) is 23.8 Å². The molecule has 1 saturated heterocycles. The van der Waals surface area contributed by atoms with Crippen LogP contribution in [0.15, 0.2) is 29.4 Å². The average molecular weight is 383 g/mol. The Hall–Kier alpha value is -2.52. The van der Waals surface area contributed by atoms with Crippen LogP contribution in [0.3, 0.4) is 0 Å². The third-order valence-electron chi connectivity index (χ3n) is 4.07. The number of nitrogens with zero attached hydrogens (tertiary/aromatic N) is 6. The lowest BCUT2D eigenvalue weighted by atomic mass is 10.3. The summed E-state index contributed by atoms with van der Waals surface area (Å²) < 4.78 is 5.49. The van der Waals surface area contributed by atoms with E-state index < -0.39 is 0 Å². The minimum atomic E-state index is 0.200. The molecule has 0 unspecified atom stereocenters. The second kappa shape index (κ2) is 7.61. The van der Waals surface area contributed by atoms with Crippen molar-refractivity contribution in [2.75, 3.05) is 36.9 Å². The fourth-order valence-corrected chi connectivity index (χ4v) is 3.67. The number of nitrogen functional groups attached to an aromatic ring is 1. The Labute approximate surface area is 161 Å². The lowest BCUT2D eigenvalue weighted by Gasteiger charge is -2.28. The van der Waals surface area contributed by atoms with Gasteiger partial charge >= 0.3 is 0 Å². The SMILES string of the molecule is CC(C)Sc1ccc2nc(-c3ccnc(N)n3)nc(N3CCOCC3)c2n1. The third kappa shape index (κ3) is 3.93. The fraction of sp³-hybridized carbons (Fsp3) is 0.389. The van der Waals surface area contributed by atoms with Crippen LogP contribution < -0.4 is 10.6 Å². The summed E-state index contributed by atoms with van der Waals surface area (Å²) >= 11 is 1.72. The van der Waals surface area contributed by atoms with E-state index in [4.69, 9.17) is 20.4 Å². The molecule has 0 atom stereocenters. The topological polar surface area (TPSA) is 103 Å². The predicted molar refractivity (Wildman–Crippen MR) is 107 cm³/mol. The molecule has 1 fully saturated rings. The second-order valence-corrected chi connectivity index (χ2v) is 8.05. The van der Waals surface area contributed by atoms with Crippen molar-refractivity contribution >= 4 is 34.6 Å². The highest BCUT2D eigenvalue weighted by molar-refractivity contribution is 7.99. The molecule has 0 radical (unpaired) electrons. The average Bonchev–Trinajstić information content (AvgIpc) is 2.67. The largest absolute Gasteiger partial charge is 0.378 e. The number of hydrogen-bond donors (Lipinski definition) is 1. The molecule has 2 N–H and O–H groups in total. The van der Waals surface area contributed by atoms with Gasteiger partial charge in [-0.3, -0.25) is 0 Å². The van der Waals surface area contributed by atoms with Gasteiger partial charge in [-0.2, -0.15) is 0 Å². The van der Waals surface area contributed by atoms with Crippen molar-refractivity contribution in [3.63, 3.8) is 0 Å². The van der Waals surface area contributed by atoms with Crippen molar-refractivity contribution in [2.24, 2.45) is 0 Å². The number of thioether (sulfide) groups is 1. The summed E-state index contributed by atoms with van der Waals surface area (Å²) in [6.45, 7) is 7.17. The maximum absolute atomic E-state index is 5.74. The van der Waals surface area contributed by atoms with Crippen LogP contribution in [0, 0.1) is 0 Å². The lowest BCUT2D eigenvalue weighted by molar-refractivity contribution is 0.122.